The molecular weight excluding hydrogens is 182 g/mol. The van der Waals surface area contributed by atoms with Gasteiger partial charge in [-0.1, -0.05) is 12.2 Å². The second-order valence-corrected chi connectivity index (χ2v) is 4.08. The Bertz CT molecular complexity index is 280. The van der Waals surface area contributed by atoms with Crippen molar-refractivity contribution in [2.75, 3.05) is 0 Å². The molecule has 0 aromatic rings. The van der Waals surface area contributed by atoms with E-state index in [0.29, 0.717) is 0 Å². The fourth-order valence-corrected chi connectivity index (χ4v) is 2.72. The maximum Gasteiger partial charge on any atom is 0.307 e. The van der Waals surface area contributed by atoms with E-state index in [2.05, 4.69) is 0 Å². The van der Waals surface area contributed by atoms with E-state index in [-0.39, 0.29) is 11.8 Å². The van der Waals surface area contributed by atoms with Gasteiger partial charge in [0.2, 0.25) is 5.91 Å². The number of rotatable bonds is 2. The highest BCUT2D eigenvalue weighted by Gasteiger charge is 2.47. The number of nitrogens with two attached hydrogens (primary N) is 1. The van der Waals surface area contributed by atoms with E-state index in [9.17, 15) is 9.59 Å². The summed E-state index contributed by atoms with van der Waals surface area (Å²) in [4.78, 5) is 22.2. The van der Waals surface area contributed by atoms with E-state index in [1.807, 2.05) is 12.2 Å². The van der Waals surface area contributed by atoms with Gasteiger partial charge < -0.3 is 10.8 Å². The van der Waals surface area contributed by atoms with Gasteiger partial charge >= 0.3 is 5.97 Å². The lowest BCUT2D eigenvalue weighted by Crippen LogP contribution is -2.47. The van der Waals surface area contributed by atoms with E-state index in [1.165, 1.54) is 0 Å². The quantitative estimate of drug-likeness (QED) is 0.625. The van der Waals surface area contributed by atoms with Gasteiger partial charge in [0.1, 0.15) is 0 Å². The fourth-order valence-electron chi connectivity index (χ4n) is 2.72. The molecule has 0 saturated heterocycles. The summed E-state index contributed by atoms with van der Waals surface area (Å²) >= 11 is 0. The molecule has 0 radical (unpaired) electrons. The average Bonchev–Trinajstić information content (AvgIpc) is 2.17. The molecule has 3 N–H and O–H groups in total. The lowest BCUT2D eigenvalue weighted by Gasteiger charge is -2.41. The van der Waals surface area contributed by atoms with Crippen LogP contribution in [0.25, 0.3) is 0 Å². The Morgan fingerprint density at radius 3 is 1.93 bits per heavy atom. The summed E-state index contributed by atoms with van der Waals surface area (Å²) < 4.78 is 0. The van der Waals surface area contributed by atoms with Crippen LogP contribution in [0.3, 0.4) is 0 Å². The molecule has 0 aliphatic heterocycles. The van der Waals surface area contributed by atoms with Crippen LogP contribution in [0.1, 0.15) is 12.8 Å². The molecule has 4 nitrogen and oxygen atoms in total. The van der Waals surface area contributed by atoms with Crippen molar-refractivity contribution in [3.8, 4) is 0 Å². The third kappa shape index (κ3) is 1.22. The van der Waals surface area contributed by atoms with Crippen molar-refractivity contribution in [1.29, 1.82) is 0 Å². The maximum absolute atomic E-state index is 11.2. The van der Waals surface area contributed by atoms with Crippen molar-refractivity contribution in [2.24, 2.45) is 29.4 Å². The standard InChI is InChI=1S/C10H13NO3/c11-9(12)7-5-1-3-6(4-2-5)8(7)10(13)14/h1,3,5-8H,2,4H2,(H2,11,12)(H,13,14)/t5-,6+,7+,8-/m1/s1. The number of amides is 1. The number of carbonyl (C=O) groups is 2. The van der Waals surface area contributed by atoms with Crippen molar-refractivity contribution >= 4 is 11.9 Å². The molecular formula is C10H13NO3. The Labute approximate surface area is 81.8 Å². The Balaban J connectivity index is 2.33. The highest BCUT2D eigenvalue weighted by Crippen LogP contribution is 2.44. The highest BCUT2D eigenvalue weighted by molar-refractivity contribution is 5.85. The molecule has 3 aliphatic carbocycles. The molecule has 0 aromatic heterocycles. The van der Waals surface area contributed by atoms with E-state index in [4.69, 9.17) is 10.8 Å². The molecule has 0 unspecified atom stereocenters. The largest absolute Gasteiger partial charge is 0.481 e. The Morgan fingerprint density at radius 1 is 1.14 bits per heavy atom. The molecule has 76 valence electrons. The van der Waals surface area contributed by atoms with Crippen LogP contribution in [0, 0.1) is 23.7 Å². The number of aliphatic carboxylic acids is 1. The summed E-state index contributed by atoms with van der Waals surface area (Å²) in [5, 5.41) is 9.04. The zero-order chi connectivity index (χ0) is 10.3. The molecule has 1 saturated carbocycles. The smallest absolute Gasteiger partial charge is 0.307 e. The first-order valence-electron chi connectivity index (χ1n) is 4.81. The monoisotopic (exact) mass is 195 g/mol. The first kappa shape index (κ1) is 9.24. The minimum atomic E-state index is -0.896. The SMILES string of the molecule is NC(=O)[C@@H]1[C@H](C(=O)O)[C@H]2C=C[C@@H]1CC2. The summed E-state index contributed by atoms with van der Waals surface area (Å²) in [7, 11) is 0. The minimum absolute atomic E-state index is 0.00463. The number of fused-ring (bicyclic) bond motifs is 2. The normalized spacial score (nSPS) is 39.7. The van der Waals surface area contributed by atoms with Gasteiger partial charge in [-0.15, -0.1) is 0 Å². The van der Waals surface area contributed by atoms with Gasteiger partial charge in [-0.2, -0.15) is 0 Å². The van der Waals surface area contributed by atoms with Crippen LogP contribution in [0.5, 0.6) is 0 Å². The molecule has 0 spiro atoms. The Kier molecular flexibility index (Phi) is 2.06. The van der Waals surface area contributed by atoms with Gasteiger partial charge in [0.25, 0.3) is 0 Å². The number of allylic oxidation sites excluding steroid dienone is 2. The minimum Gasteiger partial charge on any atom is -0.481 e. The predicted octanol–water partition coefficient (Wildman–Crippen LogP) is 0.385. The van der Waals surface area contributed by atoms with Crippen LogP contribution in [0.4, 0.5) is 0 Å². The van der Waals surface area contributed by atoms with E-state index in [1.54, 1.807) is 0 Å². The molecule has 3 aliphatic rings. The second-order valence-electron chi connectivity index (χ2n) is 4.08. The number of hydrogen-bond acceptors (Lipinski definition) is 2. The number of carbonyl (C=O) groups excluding carboxylic acids is 1. The zero-order valence-corrected chi connectivity index (χ0v) is 7.72. The van der Waals surface area contributed by atoms with Gasteiger partial charge in [-0.05, 0) is 24.7 Å². The lowest BCUT2D eigenvalue weighted by molar-refractivity contribution is -0.152. The van der Waals surface area contributed by atoms with Crippen LogP contribution in [0.2, 0.25) is 0 Å². The van der Waals surface area contributed by atoms with Gasteiger partial charge in [-0.25, -0.2) is 0 Å². The molecule has 3 rings (SSSR count). The number of hydrogen-bond donors (Lipinski definition) is 2. The van der Waals surface area contributed by atoms with Crippen molar-refractivity contribution in [1.82, 2.24) is 0 Å². The topological polar surface area (TPSA) is 80.4 Å². The first-order valence-corrected chi connectivity index (χ1v) is 4.81. The number of carboxylic acid groups (broad SMARTS) is 1. The van der Waals surface area contributed by atoms with Gasteiger partial charge in [-0.3, -0.25) is 9.59 Å². The van der Waals surface area contributed by atoms with Crippen LogP contribution in [-0.4, -0.2) is 17.0 Å². The molecule has 1 amide bonds. The van der Waals surface area contributed by atoms with Crippen molar-refractivity contribution < 1.29 is 14.7 Å². The molecule has 1 fully saturated rings. The molecule has 4 atom stereocenters. The van der Waals surface area contributed by atoms with Crippen LogP contribution in [0.15, 0.2) is 12.2 Å². The third-order valence-corrected chi connectivity index (χ3v) is 3.36. The number of primary amides is 1. The molecule has 4 heteroatoms. The summed E-state index contributed by atoms with van der Waals surface area (Å²) in [5.41, 5.74) is 5.25. The van der Waals surface area contributed by atoms with Crippen molar-refractivity contribution in [3.05, 3.63) is 12.2 Å². The lowest BCUT2D eigenvalue weighted by atomic mass is 9.62. The van der Waals surface area contributed by atoms with Crippen molar-refractivity contribution in [3.63, 3.8) is 0 Å². The number of carboxylic acids is 1. The summed E-state index contributed by atoms with van der Waals surface area (Å²) in [6.45, 7) is 0. The first-order chi connectivity index (χ1) is 6.61. The third-order valence-electron chi connectivity index (χ3n) is 3.36. The molecule has 0 heterocycles. The molecule has 14 heavy (non-hydrogen) atoms. The van der Waals surface area contributed by atoms with Crippen LogP contribution in [-0.2, 0) is 9.59 Å². The Morgan fingerprint density at radius 2 is 1.64 bits per heavy atom. The molecule has 2 bridgehead atoms. The van der Waals surface area contributed by atoms with Crippen LogP contribution < -0.4 is 5.73 Å². The molecule has 0 aromatic carbocycles. The fraction of sp³-hybridized carbons (Fsp3) is 0.600. The predicted molar refractivity (Wildman–Crippen MR) is 49.2 cm³/mol. The highest BCUT2D eigenvalue weighted by atomic mass is 16.4. The maximum atomic E-state index is 11.2. The second kappa shape index (κ2) is 3.12. The van der Waals surface area contributed by atoms with E-state index in [0.717, 1.165) is 12.8 Å². The summed E-state index contributed by atoms with van der Waals surface area (Å²) in [5.74, 6) is -2.44. The summed E-state index contributed by atoms with van der Waals surface area (Å²) in [6, 6.07) is 0. The van der Waals surface area contributed by atoms with Gasteiger partial charge in [0.05, 0.1) is 11.8 Å². The van der Waals surface area contributed by atoms with Crippen molar-refractivity contribution in [2.45, 2.75) is 12.8 Å². The van der Waals surface area contributed by atoms with Crippen LogP contribution >= 0.6 is 0 Å². The average molecular weight is 195 g/mol. The Hall–Kier alpha value is -1.32. The zero-order valence-electron chi connectivity index (χ0n) is 7.72. The van der Waals surface area contributed by atoms with E-state index < -0.39 is 23.7 Å². The summed E-state index contributed by atoms with van der Waals surface area (Å²) in [6.07, 6.45) is 5.62. The van der Waals surface area contributed by atoms with Gasteiger partial charge in [0.15, 0.2) is 0 Å². The van der Waals surface area contributed by atoms with E-state index >= 15 is 0 Å². The van der Waals surface area contributed by atoms with Gasteiger partial charge in [0, 0.05) is 0 Å².